The standard InChI is InChI=1S/C13H24N4O/c1-4-6-14-12-5-7-17(10(2)8-12)9-13-15-11(3)16-18-13/h10,12,14H,4-9H2,1-3H3. The summed E-state index contributed by atoms with van der Waals surface area (Å²) in [5.74, 6) is 1.46. The third-order valence-electron chi connectivity index (χ3n) is 3.60. The van der Waals surface area contributed by atoms with Crippen LogP contribution >= 0.6 is 0 Å². The van der Waals surface area contributed by atoms with Crippen LogP contribution in [0.3, 0.4) is 0 Å². The molecule has 2 atom stereocenters. The van der Waals surface area contributed by atoms with E-state index in [0.717, 1.165) is 31.3 Å². The van der Waals surface area contributed by atoms with Crippen molar-refractivity contribution in [1.82, 2.24) is 20.4 Å². The van der Waals surface area contributed by atoms with Crippen LogP contribution in [0.5, 0.6) is 0 Å². The highest BCUT2D eigenvalue weighted by molar-refractivity contribution is 4.88. The monoisotopic (exact) mass is 252 g/mol. The van der Waals surface area contributed by atoms with Gasteiger partial charge in [-0.15, -0.1) is 0 Å². The van der Waals surface area contributed by atoms with Crippen LogP contribution in [-0.4, -0.2) is 40.2 Å². The fourth-order valence-electron chi connectivity index (χ4n) is 2.57. The molecule has 1 aromatic rings. The Morgan fingerprint density at radius 2 is 2.33 bits per heavy atom. The Bertz CT molecular complexity index is 366. The van der Waals surface area contributed by atoms with E-state index in [2.05, 4.69) is 34.2 Å². The highest BCUT2D eigenvalue weighted by Gasteiger charge is 2.26. The Kier molecular flexibility index (Phi) is 4.72. The fraction of sp³-hybridized carbons (Fsp3) is 0.846. The highest BCUT2D eigenvalue weighted by atomic mass is 16.5. The quantitative estimate of drug-likeness (QED) is 0.865. The predicted octanol–water partition coefficient (Wildman–Crippen LogP) is 1.73. The second-order valence-electron chi connectivity index (χ2n) is 5.23. The number of rotatable bonds is 5. The van der Waals surface area contributed by atoms with Crippen LogP contribution in [0.25, 0.3) is 0 Å². The first-order valence-corrected chi connectivity index (χ1v) is 6.95. The van der Waals surface area contributed by atoms with Crippen LogP contribution in [0.15, 0.2) is 4.52 Å². The Morgan fingerprint density at radius 3 is 2.94 bits per heavy atom. The van der Waals surface area contributed by atoms with Crippen molar-refractivity contribution in [3.63, 3.8) is 0 Å². The first-order chi connectivity index (χ1) is 8.69. The Balaban J connectivity index is 1.82. The lowest BCUT2D eigenvalue weighted by molar-refractivity contribution is 0.114. The molecule has 2 rings (SSSR count). The zero-order chi connectivity index (χ0) is 13.0. The number of nitrogens with zero attached hydrogens (tertiary/aromatic N) is 3. The van der Waals surface area contributed by atoms with Crippen LogP contribution in [0.1, 0.15) is 44.8 Å². The largest absolute Gasteiger partial charge is 0.338 e. The molecule has 5 heteroatoms. The van der Waals surface area contributed by atoms with Crippen LogP contribution < -0.4 is 5.32 Å². The fourth-order valence-corrected chi connectivity index (χ4v) is 2.57. The van der Waals surface area contributed by atoms with Crippen LogP contribution in [0, 0.1) is 6.92 Å². The average molecular weight is 252 g/mol. The van der Waals surface area contributed by atoms with Crippen molar-refractivity contribution < 1.29 is 4.52 Å². The molecule has 1 N–H and O–H groups in total. The molecule has 0 bridgehead atoms. The highest BCUT2D eigenvalue weighted by Crippen LogP contribution is 2.19. The number of hydrogen-bond acceptors (Lipinski definition) is 5. The van der Waals surface area contributed by atoms with Crippen LogP contribution in [0.4, 0.5) is 0 Å². The molecule has 2 unspecified atom stereocenters. The maximum Gasteiger partial charge on any atom is 0.240 e. The summed E-state index contributed by atoms with van der Waals surface area (Å²) in [5.41, 5.74) is 0. The van der Waals surface area contributed by atoms with Gasteiger partial charge in [0, 0.05) is 18.6 Å². The smallest absolute Gasteiger partial charge is 0.240 e. The minimum absolute atomic E-state index is 0.570. The van der Waals surface area contributed by atoms with E-state index < -0.39 is 0 Å². The van der Waals surface area contributed by atoms with Gasteiger partial charge in [0.1, 0.15) is 0 Å². The molecule has 5 nitrogen and oxygen atoms in total. The van der Waals surface area contributed by atoms with Gasteiger partial charge in [-0.25, -0.2) is 0 Å². The Morgan fingerprint density at radius 1 is 1.50 bits per heavy atom. The summed E-state index contributed by atoms with van der Waals surface area (Å²) in [5, 5.41) is 7.45. The third-order valence-corrected chi connectivity index (χ3v) is 3.60. The van der Waals surface area contributed by atoms with Crippen molar-refractivity contribution in [2.75, 3.05) is 13.1 Å². The first-order valence-electron chi connectivity index (χ1n) is 6.95. The van der Waals surface area contributed by atoms with Crippen LogP contribution in [0.2, 0.25) is 0 Å². The van der Waals surface area contributed by atoms with E-state index in [1.165, 1.54) is 19.3 Å². The summed E-state index contributed by atoms with van der Waals surface area (Å²) >= 11 is 0. The summed E-state index contributed by atoms with van der Waals surface area (Å²) < 4.78 is 5.19. The summed E-state index contributed by atoms with van der Waals surface area (Å²) in [4.78, 5) is 6.70. The lowest BCUT2D eigenvalue weighted by atomic mass is 9.98. The number of hydrogen-bond donors (Lipinski definition) is 1. The molecule has 0 aliphatic carbocycles. The molecule has 0 aromatic carbocycles. The van der Waals surface area contributed by atoms with Gasteiger partial charge in [0.15, 0.2) is 5.82 Å². The molecule has 0 amide bonds. The molecule has 0 saturated carbocycles. The van der Waals surface area contributed by atoms with Crippen molar-refractivity contribution >= 4 is 0 Å². The molecule has 1 aliphatic heterocycles. The lowest BCUT2D eigenvalue weighted by Gasteiger charge is -2.37. The molecular formula is C13H24N4O. The van der Waals surface area contributed by atoms with E-state index in [4.69, 9.17) is 4.52 Å². The Labute approximate surface area is 109 Å². The average Bonchev–Trinajstić information content (AvgIpc) is 2.75. The van der Waals surface area contributed by atoms with Crippen molar-refractivity contribution in [1.29, 1.82) is 0 Å². The van der Waals surface area contributed by atoms with E-state index in [9.17, 15) is 0 Å². The van der Waals surface area contributed by atoms with Gasteiger partial charge in [0.05, 0.1) is 6.54 Å². The van der Waals surface area contributed by atoms with Crippen LogP contribution in [-0.2, 0) is 6.54 Å². The summed E-state index contributed by atoms with van der Waals surface area (Å²) in [6.07, 6.45) is 3.61. The van der Waals surface area contributed by atoms with E-state index in [-0.39, 0.29) is 0 Å². The predicted molar refractivity (Wildman–Crippen MR) is 70.2 cm³/mol. The molecule has 102 valence electrons. The van der Waals surface area contributed by atoms with Gasteiger partial charge in [-0.2, -0.15) is 4.98 Å². The van der Waals surface area contributed by atoms with Gasteiger partial charge in [-0.05, 0) is 39.7 Å². The van der Waals surface area contributed by atoms with Gasteiger partial charge >= 0.3 is 0 Å². The van der Waals surface area contributed by atoms with Crippen molar-refractivity contribution in [3.05, 3.63) is 11.7 Å². The van der Waals surface area contributed by atoms with Crippen molar-refractivity contribution in [3.8, 4) is 0 Å². The molecule has 1 aromatic heterocycles. The van der Waals surface area contributed by atoms with Gasteiger partial charge in [-0.1, -0.05) is 12.1 Å². The molecule has 18 heavy (non-hydrogen) atoms. The van der Waals surface area contributed by atoms with Crippen molar-refractivity contribution in [2.24, 2.45) is 0 Å². The summed E-state index contributed by atoms with van der Waals surface area (Å²) in [6.45, 7) is 9.36. The van der Waals surface area contributed by atoms with Gasteiger partial charge in [-0.3, -0.25) is 4.90 Å². The van der Waals surface area contributed by atoms with E-state index in [1.807, 2.05) is 6.92 Å². The molecule has 0 spiro atoms. The summed E-state index contributed by atoms with van der Waals surface area (Å²) in [7, 11) is 0. The van der Waals surface area contributed by atoms with E-state index in [1.54, 1.807) is 0 Å². The molecule has 1 aliphatic rings. The van der Waals surface area contributed by atoms with Crippen molar-refractivity contribution in [2.45, 2.75) is 58.7 Å². The number of aromatic nitrogens is 2. The number of piperidine rings is 1. The number of aryl methyl sites for hydroxylation is 1. The lowest BCUT2D eigenvalue weighted by Crippen LogP contribution is -2.47. The second-order valence-corrected chi connectivity index (χ2v) is 5.23. The normalized spacial score (nSPS) is 25.5. The molecule has 2 heterocycles. The maximum absolute atomic E-state index is 5.19. The molecule has 1 fully saturated rings. The molecule has 1 saturated heterocycles. The minimum Gasteiger partial charge on any atom is -0.338 e. The zero-order valence-corrected chi connectivity index (χ0v) is 11.6. The summed E-state index contributed by atoms with van der Waals surface area (Å²) in [6, 6.07) is 1.24. The van der Waals surface area contributed by atoms with E-state index in [0.29, 0.717) is 12.1 Å². The second kappa shape index (κ2) is 6.29. The minimum atomic E-state index is 0.570. The van der Waals surface area contributed by atoms with E-state index >= 15 is 0 Å². The zero-order valence-electron chi connectivity index (χ0n) is 11.6. The number of nitrogens with one attached hydrogen (secondary N) is 1. The first kappa shape index (κ1) is 13.5. The van der Waals surface area contributed by atoms with Gasteiger partial charge in [0.2, 0.25) is 5.89 Å². The number of likely N-dealkylation sites (tertiary alicyclic amines) is 1. The molecule has 0 radical (unpaired) electrons. The Hall–Kier alpha value is -0.940. The van der Waals surface area contributed by atoms with Gasteiger partial charge in [0.25, 0.3) is 0 Å². The SMILES string of the molecule is CCCNC1CCN(Cc2nc(C)no2)C(C)C1. The van der Waals surface area contributed by atoms with Gasteiger partial charge < -0.3 is 9.84 Å². The molecular weight excluding hydrogens is 228 g/mol. The topological polar surface area (TPSA) is 54.2 Å². The maximum atomic E-state index is 5.19. The third kappa shape index (κ3) is 3.53.